The lowest BCUT2D eigenvalue weighted by Crippen LogP contribution is -2.44. The Kier molecular flexibility index (Phi) is 11.1. The molecule has 0 aliphatic carbocycles. The highest BCUT2D eigenvalue weighted by molar-refractivity contribution is 6.31. The van der Waals surface area contributed by atoms with E-state index in [1.54, 1.807) is 12.0 Å². The minimum atomic E-state index is -0.514. The highest BCUT2D eigenvalue weighted by Crippen LogP contribution is 2.19. The van der Waals surface area contributed by atoms with Crippen LogP contribution >= 0.6 is 11.6 Å². The average molecular weight is 555 g/mol. The number of carbonyl (C=O) groups is 2. The Balaban J connectivity index is 1.79. The summed E-state index contributed by atoms with van der Waals surface area (Å²) in [6.45, 7) is 6.20. The fourth-order valence-corrected chi connectivity index (χ4v) is 4.47. The van der Waals surface area contributed by atoms with Crippen molar-refractivity contribution in [3.05, 3.63) is 98.8 Å². The Morgan fingerprint density at radius 3 is 2.41 bits per heavy atom. The van der Waals surface area contributed by atoms with Crippen LogP contribution in [0.4, 0.5) is 5.69 Å². The lowest BCUT2D eigenvalue weighted by atomic mass is 10.1. The van der Waals surface area contributed by atoms with Crippen LogP contribution in [0.1, 0.15) is 41.9 Å². The molecule has 0 aliphatic heterocycles. The molecule has 39 heavy (non-hydrogen) atoms. The van der Waals surface area contributed by atoms with E-state index in [0.717, 1.165) is 11.3 Å². The van der Waals surface area contributed by atoms with Crippen molar-refractivity contribution in [3.63, 3.8) is 0 Å². The van der Waals surface area contributed by atoms with E-state index in [4.69, 9.17) is 16.3 Å². The molecule has 2 amide bonds. The summed E-state index contributed by atoms with van der Waals surface area (Å²) in [5.74, 6) is -0.323. The van der Waals surface area contributed by atoms with Crippen LogP contribution in [0.2, 0.25) is 5.02 Å². The maximum Gasteiger partial charge on any atom is 0.269 e. The lowest BCUT2D eigenvalue weighted by Gasteiger charge is -2.29. The standard InChI is InChI=1S/C29H35ClN4O5/c1-22(2)18-33(20-26-9-6-15-31(26)19-24-8-4-5-10-27(24)30)28(35)21-32(16-7-17-39-3)29(36)23-11-13-25(14-12-23)34(37)38/h4-6,8-15,22H,7,16-21H2,1-3H3. The van der Waals surface area contributed by atoms with Crippen LogP contribution in [0.25, 0.3) is 0 Å². The van der Waals surface area contributed by atoms with E-state index in [0.29, 0.717) is 44.2 Å². The second kappa shape index (κ2) is 14.5. The van der Waals surface area contributed by atoms with Crippen molar-refractivity contribution in [2.45, 2.75) is 33.4 Å². The van der Waals surface area contributed by atoms with E-state index >= 15 is 0 Å². The first-order valence-electron chi connectivity index (χ1n) is 12.9. The van der Waals surface area contributed by atoms with Gasteiger partial charge in [-0.25, -0.2) is 0 Å². The Labute approximate surface area is 234 Å². The summed E-state index contributed by atoms with van der Waals surface area (Å²) in [4.78, 5) is 40.7. The third-order valence-corrected chi connectivity index (χ3v) is 6.60. The summed E-state index contributed by atoms with van der Waals surface area (Å²) in [6.07, 6.45) is 2.51. The number of ether oxygens (including phenoxy) is 1. The maximum atomic E-state index is 13.6. The van der Waals surface area contributed by atoms with Crippen LogP contribution in [-0.4, -0.2) is 64.5 Å². The summed E-state index contributed by atoms with van der Waals surface area (Å²) < 4.78 is 7.21. The van der Waals surface area contributed by atoms with Crippen LogP contribution in [-0.2, 0) is 22.6 Å². The quantitative estimate of drug-likeness (QED) is 0.154. The molecular formula is C29H35ClN4O5. The number of nitro benzene ring substituents is 1. The molecule has 0 saturated heterocycles. The van der Waals surface area contributed by atoms with Gasteiger partial charge in [0.1, 0.15) is 6.54 Å². The zero-order valence-electron chi connectivity index (χ0n) is 22.6. The molecule has 3 aromatic rings. The number of hydrogen-bond acceptors (Lipinski definition) is 5. The normalized spacial score (nSPS) is 11.0. The van der Waals surface area contributed by atoms with Gasteiger partial charge in [0.05, 0.1) is 11.5 Å². The Morgan fingerprint density at radius 2 is 1.77 bits per heavy atom. The van der Waals surface area contributed by atoms with E-state index in [9.17, 15) is 19.7 Å². The number of aromatic nitrogens is 1. The first-order chi connectivity index (χ1) is 18.7. The maximum absolute atomic E-state index is 13.6. The van der Waals surface area contributed by atoms with Gasteiger partial charge in [0, 0.05) is 68.0 Å². The molecular weight excluding hydrogens is 520 g/mol. The Hall–Kier alpha value is -3.69. The van der Waals surface area contributed by atoms with Gasteiger partial charge in [0.15, 0.2) is 0 Å². The molecule has 9 nitrogen and oxygen atoms in total. The predicted octanol–water partition coefficient (Wildman–Crippen LogP) is 5.26. The molecule has 0 atom stereocenters. The average Bonchev–Trinajstić information content (AvgIpc) is 3.34. The number of benzene rings is 2. The summed E-state index contributed by atoms with van der Waals surface area (Å²) in [5.41, 5.74) is 2.12. The Bertz CT molecular complexity index is 1260. The minimum absolute atomic E-state index is 0.100. The van der Waals surface area contributed by atoms with Gasteiger partial charge in [0.2, 0.25) is 5.91 Å². The van der Waals surface area contributed by atoms with Gasteiger partial charge in [0.25, 0.3) is 11.6 Å². The van der Waals surface area contributed by atoms with Gasteiger partial charge < -0.3 is 19.1 Å². The second-order valence-electron chi connectivity index (χ2n) is 9.76. The van der Waals surface area contributed by atoms with Crippen molar-refractivity contribution >= 4 is 29.1 Å². The predicted molar refractivity (Wildman–Crippen MR) is 151 cm³/mol. The molecule has 0 unspecified atom stereocenters. The molecule has 3 rings (SSSR count). The van der Waals surface area contributed by atoms with Crippen molar-refractivity contribution < 1.29 is 19.2 Å². The monoisotopic (exact) mass is 554 g/mol. The number of methoxy groups -OCH3 is 1. The molecule has 0 aliphatic rings. The van der Waals surface area contributed by atoms with Gasteiger partial charge in [-0.1, -0.05) is 43.6 Å². The highest BCUT2D eigenvalue weighted by atomic mass is 35.5. The third kappa shape index (κ3) is 8.66. The number of amides is 2. The van der Waals surface area contributed by atoms with Crippen LogP contribution < -0.4 is 0 Å². The SMILES string of the molecule is COCCCN(CC(=O)N(Cc1cccn1Cc1ccccc1Cl)CC(C)C)C(=O)c1ccc([N+](=O)[O-])cc1. The molecule has 0 fully saturated rings. The number of hydrogen-bond donors (Lipinski definition) is 0. The number of nitrogens with zero attached hydrogens (tertiary/aromatic N) is 4. The van der Waals surface area contributed by atoms with Crippen molar-refractivity contribution in [1.82, 2.24) is 14.4 Å². The highest BCUT2D eigenvalue weighted by Gasteiger charge is 2.24. The fourth-order valence-electron chi connectivity index (χ4n) is 4.27. The van der Waals surface area contributed by atoms with E-state index < -0.39 is 4.92 Å². The Morgan fingerprint density at radius 1 is 1.05 bits per heavy atom. The first kappa shape index (κ1) is 29.9. The number of nitro groups is 1. The molecule has 0 radical (unpaired) electrons. The largest absolute Gasteiger partial charge is 0.385 e. The molecule has 0 bridgehead atoms. The van der Waals surface area contributed by atoms with Crippen molar-refractivity contribution in [2.24, 2.45) is 5.92 Å². The van der Waals surface area contributed by atoms with Crippen molar-refractivity contribution in [1.29, 1.82) is 0 Å². The smallest absolute Gasteiger partial charge is 0.269 e. The molecule has 0 spiro atoms. The van der Waals surface area contributed by atoms with Crippen LogP contribution in [0.5, 0.6) is 0 Å². The topological polar surface area (TPSA) is 97.9 Å². The van der Waals surface area contributed by atoms with Crippen LogP contribution in [0, 0.1) is 16.0 Å². The fraction of sp³-hybridized carbons (Fsp3) is 0.379. The van der Waals surface area contributed by atoms with Crippen LogP contribution in [0.3, 0.4) is 0 Å². The number of rotatable bonds is 14. The lowest BCUT2D eigenvalue weighted by molar-refractivity contribution is -0.384. The third-order valence-electron chi connectivity index (χ3n) is 6.23. The van der Waals surface area contributed by atoms with Crippen molar-refractivity contribution in [2.75, 3.05) is 33.4 Å². The van der Waals surface area contributed by atoms with Crippen molar-refractivity contribution in [3.8, 4) is 0 Å². The van der Waals surface area contributed by atoms with Crippen LogP contribution in [0.15, 0.2) is 66.9 Å². The van der Waals surface area contributed by atoms with Gasteiger partial charge in [-0.2, -0.15) is 0 Å². The summed E-state index contributed by atoms with van der Waals surface area (Å²) in [7, 11) is 1.58. The summed E-state index contributed by atoms with van der Waals surface area (Å²) in [5, 5.41) is 11.7. The number of halogens is 1. The number of carbonyl (C=O) groups excluding carboxylic acids is 2. The molecule has 1 aromatic heterocycles. The van der Waals surface area contributed by atoms with Gasteiger partial charge >= 0.3 is 0 Å². The minimum Gasteiger partial charge on any atom is -0.385 e. The van der Waals surface area contributed by atoms with Gasteiger partial charge in [-0.05, 0) is 48.2 Å². The van der Waals surface area contributed by atoms with Gasteiger partial charge in [-0.3, -0.25) is 19.7 Å². The van der Waals surface area contributed by atoms with Gasteiger partial charge in [-0.15, -0.1) is 0 Å². The van der Waals surface area contributed by atoms with E-state index in [-0.39, 0.29) is 35.5 Å². The molecule has 10 heteroatoms. The molecule has 208 valence electrons. The molecule has 0 saturated carbocycles. The van der Waals surface area contributed by atoms with E-state index in [2.05, 4.69) is 4.57 Å². The first-order valence-corrected chi connectivity index (χ1v) is 13.2. The van der Waals surface area contributed by atoms with E-state index in [1.165, 1.54) is 29.2 Å². The summed E-state index contributed by atoms with van der Waals surface area (Å²) in [6, 6.07) is 17.0. The number of non-ortho nitro benzene ring substituents is 1. The molecule has 0 N–H and O–H groups in total. The molecule has 2 aromatic carbocycles. The van der Waals surface area contributed by atoms with E-state index in [1.807, 2.05) is 56.4 Å². The zero-order chi connectivity index (χ0) is 28.4. The second-order valence-corrected chi connectivity index (χ2v) is 10.2. The summed E-state index contributed by atoms with van der Waals surface area (Å²) >= 11 is 6.37. The molecule has 1 heterocycles. The zero-order valence-corrected chi connectivity index (χ0v) is 23.3.